The molecule has 0 bridgehead atoms. The first-order valence-corrected chi connectivity index (χ1v) is 8.06. The maximum atomic E-state index is 9.88. The maximum absolute atomic E-state index is 9.88. The Kier molecular flexibility index (Phi) is 5.67. The van der Waals surface area contributed by atoms with Crippen LogP contribution in [-0.2, 0) is 22.7 Å². The lowest BCUT2D eigenvalue weighted by Crippen LogP contribution is -2.09. The number of aromatic hydroxyl groups is 2. The SMILES string of the molecule is Oc1ccccc1COC(OCc1ccccc1O)c1ccccc1. The number of benzene rings is 3. The molecule has 128 valence electrons. The molecule has 3 aromatic carbocycles. The number of para-hydroxylation sites is 2. The molecule has 2 N–H and O–H groups in total. The van der Waals surface area contributed by atoms with Crippen molar-refractivity contribution in [3.63, 3.8) is 0 Å². The third-order valence-electron chi connectivity index (χ3n) is 3.84. The number of rotatable bonds is 7. The topological polar surface area (TPSA) is 58.9 Å². The summed E-state index contributed by atoms with van der Waals surface area (Å²) in [5.74, 6) is 0.380. The first kappa shape index (κ1) is 17.0. The van der Waals surface area contributed by atoms with Crippen LogP contribution in [0.1, 0.15) is 23.0 Å². The Morgan fingerprint density at radius 2 is 1.04 bits per heavy atom. The summed E-state index contributed by atoms with van der Waals surface area (Å²) in [4.78, 5) is 0. The summed E-state index contributed by atoms with van der Waals surface area (Å²) in [5, 5.41) is 19.8. The average Bonchev–Trinajstić information content (AvgIpc) is 2.65. The van der Waals surface area contributed by atoms with Crippen molar-refractivity contribution in [3.8, 4) is 11.5 Å². The van der Waals surface area contributed by atoms with Crippen LogP contribution in [0, 0.1) is 0 Å². The van der Waals surface area contributed by atoms with Gasteiger partial charge in [0.05, 0.1) is 13.2 Å². The monoisotopic (exact) mass is 336 g/mol. The van der Waals surface area contributed by atoms with Gasteiger partial charge in [0, 0.05) is 16.7 Å². The second kappa shape index (κ2) is 8.33. The molecule has 0 fully saturated rings. The van der Waals surface area contributed by atoms with Crippen molar-refractivity contribution in [1.82, 2.24) is 0 Å². The van der Waals surface area contributed by atoms with Crippen molar-refractivity contribution < 1.29 is 19.7 Å². The molecule has 25 heavy (non-hydrogen) atoms. The molecule has 0 radical (unpaired) electrons. The minimum atomic E-state index is -0.611. The normalized spacial score (nSPS) is 10.9. The van der Waals surface area contributed by atoms with Gasteiger partial charge in [-0.05, 0) is 12.1 Å². The molecule has 0 saturated carbocycles. The summed E-state index contributed by atoms with van der Waals surface area (Å²) in [5.41, 5.74) is 2.25. The Morgan fingerprint density at radius 3 is 1.52 bits per heavy atom. The quantitative estimate of drug-likeness (QED) is 0.622. The highest BCUT2D eigenvalue weighted by Gasteiger charge is 2.14. The molecule has 0 aromatic heterocycles. The zero-order valence-corrected chi connectivity index (χ0v) is 13.7. The van der Waals surface area contributed by atoms with Gasteiger partial charge < -0.3 is 19.7 Å². The van der Waals surface area contributed by atoms with Crippen molar-refractivity contribution in [2.24, 2.45) is 0 Å². The molecule has 0 saturated heterocycles. The van der Waals surface area contributed by atoms with Crippen molar-refractivity contribution in [3.05, 3.63) is 95.6 Å². The van der Waals surface area contributed by atoms with E-state index in [9.17, 15) is 10.2 Å². The number of hydrogen-bond acceptors (Lipinski definition) is 4. The second-order valence-corrected chi connectivity index (χ2v) is 5.62. The van der Waals surface area contributed by atoms with Crippen LogP contribution in [-0.4, -0.2) is 10.2 Å². The maximum Gasteiger partial charge on any atom is 0.184 e. The molecular formula is C21H20O4. The van der Waals surface area contributed by atoms with E-state index in [1.54, 1.807) is 36.4 Å². The van der Waals surface area contributed by atoms with Crippen LogP contribution in [0.25, 0.3) is 0 Å². The van der Waals surface area contributed by atoms with Gasteiger partial charge in [-0.2, -0.15) is 0 Å². The van der Waals surface area contributed by atoms with Crippen LogP contribution in [0.5, 0.6) is 11.5 Å². The molecule has 4 nitrogen and oxygen atoms in total. The van der Waals surface area contributed by atoms with Crippen molar-refractivity contribution in [1.29, 1.82) is 0 Å². The number of ether oxygens (including phenoxy) is 2. The third kappa shape index (κ3) is 4.59. The van der Waals surface area contributed by atoms with Gasteiger partial charge in [0.15, 0.2) is 6.29 Å². The Labute approximate surface area is 146 Å². The van der Waals surface area contributed by atoms with Gasteiger partial charge >= 0.3 is 0 Å². The fraction of sp³-hybridized carbons (Fsp3) is 0.143. The van der Waals surface area contributed by atoms with Gasteiger partial charge in [-0.1, -0.05) is 66.7 Å². The standard InChI is InChI=1S/C21H20O4/c22-19-12-6-4-10-17(19)14-24-21(16-8-2-1-3-9-16)25-15-18-11-5-7-13-20(18)23/h1-13,21-23H,14-15H2. The number of phenolic OH excluding ortho intramolecular Hbond substituents is 2. The van der Waals surface area contributed by atoms with Crippen LogP contribution < -0.4 is 0 Å². The van der Waals surface area contributed by atoms with E-state index in [-0.39, 0.29) is 24.7 Å². The minimum absolute atomic E-state index is 0.190. The largest absolute Gasteiger partial charge is 0.508 e. The molecule has 0 aliphatic rings. The average molecular weight is 336 g/mol. The fourth-order valence-electron chi connectivity index (χ4n) is 2.45. The molecule has 3 rings (SSSR count). The smallest absolute Gasteiger partial charge is 0.184 e. The van der Waals surface area contributed by atoms with Crippen LogP contribution in [0.2, 0.25) is 0 Å². The predicted molar refractivity (Wildman–Crippen MR) is 95.0 cm³/mol. The number of phenols is 2. The Balaban J connectivity index is 1.72. The van der Waals surface area contributed by atoms with Gasteiger partial charge in [0.25, 0.3) is 0 Å². The Hall–Kier alpha value is -2.82. The first-order valence-electron chi connectivity index (χ1n) is 8.06. The summed E-state index contributed by atoms with van der Waals surface area (Å²) in [6.07, 6.45) is -0.611. The minimum Gasteiger partial charge on any atom is -0.508 e. The Morgan fingerprint density at radius 1 is 0.600 bits per heavy atom. The highest BCUT2D eigenvalue weighted by Crippen LogP contribution is 2.26. The lowest BCUT2D eigenvalue weighted by molar-refractivity contribution is -0.161. The molecule has 0 amide bonds. The van der Waals surface area contributed by atoms with Gasteiger partial charge in [-0.15, -0.1) is 0 Å². The van der Waals surface area contributed by atoms with E-state index in [4.69, 9.17) is 9.47 Å². The predicted octanol–water partition coefficient (Wildman–Crippen LogP) is 4.53. The van der Waals surface area contributed by atoms with Crippen LogP contribution in [0.4, 0.5) is 0 Å². The van der Waals surface area contributed by atoms with Gasteiger partial charge in [-0.3, -0.25) is 0 Å². The summed E-state index contributed by atoms with van der Waals surface area (Å²) < 4.78 is 11.8. The van der Waals surface area contributed by atoms with Crippen molar-refractivity contribution >= 4 is 0 Å². The lowest BCUT2D eigenvalue weighted by Gasteiger charge is -2.20. The fourth-order valence-corrected chi connectivity index (χ4v) is 2.45. The van der Waals surface area contributed by atoms with E-state index in [0.717, 1.165) is 5.56 Å². The van der Waals surface area contributed by atoms with Crippen LogP contribution in [0.15, 0.2) is 78.9 Å². The summed E-state index contributed by atoms with van der Waals surface area (Å²) in [7, 11) is 0. The molecular weight excluding hydrogens is 316 g/mol. The molecule has 4 heteroatoms. The highest BCUT2D eigenvalue weighted by molar-refractivity contribution is 5.32. The first-order chi connectivity index (χ1) is 12.2. The van der Waals surface area contributed by atoms with Gasteiger partial charge in [0.2, 0.25) is 0 Å². The van der Waals surface area contributed by atoms with Crippen LogP contribution in [0.3, 0.4) is 0 Å². The van der Waals surface area contributed by atoms with E-state index in [1.165, 1.54) is 0 Å². The van der Waals surface area contributed by atoms with Gasteiger partial charge in [0.1, 0.15) is 11.5 Å². The highest BCUT2D eigenvalue weighted by atomic mass is 16.7. The summed E-state index contributed by atoms with van der Waals surface area (Å²) in [6.45, 7) is 0.431. The lowest BCUT2D eigenvalue weighted by atomic mass is 10.2. The molecule has 3 aromatic rings. The van der Waals surface area contributed by atoms with Crippen LogP contribution >= 0.6 is 0 Å². The third-order valence-corrected chi connectivity index (χ3v) is 3.84. The van der Waals surface area contributed by atoms with E-state index < -0.39 is 6.29 Å². The number of hydrogen-bond donors (Lipinski definition) is 2. The molecule has 0 atom stereocenters. The molecule has 0 unspecified atom stereocenters. The summed E-state index contributed by atoms with van der Waals surface area (Å²) >= 11 is 0. The summed E-state index contributed by atoms with van der Waals surface area (Å²) in [6, 6.07) is 23.7. The van der Waals surface area contributed by atoms with Crippen molar-refractivity contribution in [2.45, 2.75) is 19.5 Å². The van der Waals surface area contributed by atoms with E-state index in [0.29, 0.717) is 11.1 Å². The second-order valence-electron chi connectivity index (χ2n) is 5.62. The van der Waals surface area contributed by atoms with E-state index in [2.05, 4.69) is 0 Å². The Bertz CT molecular complexity index is 752. The molecule has 0 aliphatic heterocycles. The van der Waals surface area contributed by atoms with Crippen molar-refractivity contribution in [2.75, 3.05) is 0 Å². The van der Waals surface area contributed by atoms with Gasteiger partial charge in [-0.25, -0.2) is 0 Å². The molecule has 0 aliphatic carbocycles. The van der Waals surface area contributed by atoms with E-state index >= 15 is 0 Å². The van der Waals surface area contributed by atoms with E-state index in [1.807, 2.05) is 42.5 Å². The zero-order chi connectivity index (χ0) is 17.5. The molecule has 0 spiro atoms. The molecule has 0 heterocycles. The zero-order valence-electron chi connectivity index (χ0n) is 13.7.